The number of allylic oxidation sites excluding steroid dienone is 1. The van der Waals surface area contributed by atoms with Gasteiger partial charge in [-0.05, 0) is 12.8 Å². The van der Waals surface area contributed by atoms with Crippen LogP contribution >= 0.6 is 0 Å². The van der Waals surface area contributed by atoms with Crippen LogP contribution < -0.4 is 5.73 Å². The van der Waals surface area contributed by atoms with Crippen LogP contribution in [0.4, 0.5) is 0 Å². The predicted molar refractivity (Wildman–Crippen MR) is 34.5 cm³/mol. The molecule has 0 aliphatic heterocycles. The Balaban J connectivity index is 2.97. The zero-order valence-corrected chi connectivity index (χ0v) is 5.01. The fraction of sp³-hybridized carbons (Fsp3) is 0.667. The SMILES string of the molecule is C=CCCC(N)CO. The molecule has 0 saturated heterocycles. The molecular weight excluding hydrogens is 102 g/mol. The van der Waals surface area contributed by atoms with Crippen molar-refractivity contribution in [3.8, 4) is 0 Å². The van der Waals surface area contributed by atoms with E-state index in [1.807, 2.05) is 0 Å². The average Bonchev–Trinajstić information content (AvgIpc) is 1.83. The summed E-state index contributed by atoms with van der Waals surface area (Å²) in [6.07, 6.45) is 3.53. The topological polar surface area (TPSA) is 46.2 Å². The van der Waals surface area contributed by atoms with Crippen LogP contribution in [0.2, 0.25) is 0 Å². The van der Waals surface area contributed by atoms with E-state index in [1.54, 1.807) is 6.08 Å². The van der Waals surface area contributed by atoms with E-state index in [1.165, 1.54) is 0 Å². The molecule has 2 nitrogen and oxygen atoms in total. The summed E-state index contributed by atoms with van der Waals surface area (Å²) in [5.41, 5.74) is 5.36. The Hall–Kier alpha value is -0.340. The predicted octanol–water partition coefficient (Wildman–Crippen LogP) is 0.272. The van der Waals surface area contributed by atoms with Gasteiger partial charge in [-0.1, -0.05) is 6.08 Å². The van der Waals surface area contributed by atoms with Crippen molar-refractivity contribution < 1.29 is 5.11 Å². The molecule has 2 heteroatoms. The second-order valence-corrected chi connectivity index (χ2v) is 1.81. The number of rotatable bonds is 4. The van der Waals surface area contributed by atoms with Gasteiger partial charge >= 0.3 is 0 Å². The van der Waals surface area contributed by atoms with E-state index in [4.69, 9.17) is 10.8 Å². The molecule has 0 aromatic heterocycles. The number of aliphatic hydroxyl groups is 1. The lowest BCUT2D eigenvalue weighted by molar-refractivity contribution is 0.260. The first-order valence-corrected chi connectivity index (χ1v) is 2.78. The van der Waals surface area contributed by atoms with Gasteiger partial charge in [0.15, 0.2) is 0 Å². The summed E-state index contributed by atoms with van der Waals surface area (Å²) in [6.45, 7) is 3.61. The van der Waals surface area contributed by atoms with Crippen molar-refractivity contribution in [2.45, 2.75) is 18.9 Å². The van der Waals surface area contributed by atoms with Crippen LogP contribution in [-0.2, 0) is 0 Å². The van der Waals surface area contributed by atoms with Crippen LogP contribution in [0.5, 0.6) is 0 Å². The van der Waals surface area contributed by atoms with Crippen LogP contribution in [0.1, 0.15) is 12.8 Å². The van der Waals surface area contributed by atoms with Gasteiger partial charge in [0.25, 0.3) is 0 Å². The lowest BCUT2D eigenvalue weighted by atomic mass is 10.2. The zero-order valence-electron chi connectivity index (χ0n) is 5.01. The highest BCUT2D eigenvalue weighted by Gasteiger charge is 1.95. The maximum atomic E-state index is 8.40. The quantitative estimate of drug-likeness (QED) is 0.517. The van der Waals surface area contributed by atoms with E-state index >= 15 is 0 Å². The third-order valence-electron chi connectivity index (χ3n) is 0.976. The summed E-state index contributed by atoms with van der Waals surface area (Å²) in [4.78, 5) is 0. The molecule has 0 radical (unpaired) electrons. The summed E-state index contributed by atoms with van der Waals surface area (Å²) in [5.74, 6) is 0. The van der Waals surface area contributed by atoms with Crippen LogP contribution in [0.15, 0.2) is 12.7 Å². The maximum absolute atomic E-state index is 8.40. The second-order valence-electron chi connectivity index (χ2n) is 1.81. The van der Waals surface area contributed by atoms with Gasteiger partial charge in [0.1, 0.15) is 0 Å². The first-order valence-electron chi connectivity index (χ1n) is 2.78. The van der Waals surface area contributed by atoms with Gasteiger partial charge in [0, 0.05) is 6.04 Å². The summed E-state index contributed by atoms with van der Waals surface area (Å²) in [5, 5.41) is 8.40. The molecule has 0 fully saturated rings. The molecule has 0 aliphatic carbocycles. The molecule has 1 unspecified atom stereocenters. The molecule has 3 N–H and O–H groups in total. The standard InChI is InChI=1S/C6H13NO/c1-2-3-4-6(7)5-8/h2,6,8H,1,3-5,7H2. The maximum Gasteiger partial charge on any atom is 0.0582 e. The van der Waals surface area contributed by atoms with E-state index in [2.05, 4.69) is 6.58 Å². The smallest absolute Gasteiger partial charge is 0.0582 e. The molecule has 0 aliphatic rings. The number of hydrogen-bond acceptors (Lipinski definition) is 2. The lowest BCUT2D eigenvalue weighted by Crippen LogP contribution is -2.23. The molecular formula is C6H13NO. The van der Waals surface area contributed by atoms with Crippen molar-refractivity contribution in [2.75, 3.05) is 6.61 Å². The minimum atomic E-state index is -0.0620. The molecule has 0 spiro atoms. The summed E-state index contributed by atoms with van der Waals surface area (Å²) < 4.78 is 0. The highest BCUT2D eigenvalue weighted by Crippen LogP contribution is 1.92. The van der Waals surface area contributed by atoms with Crippen molar-refractivity contribution in [1.29, 1.82) is 0 Å². The van der Waals surface area contributed by atoms with Crippen LogP contribution in [0.25, 0.3) is 0 Å². The Morgan fingerprint density at radius 1 is 1.75 bits per heavy atom. The van der Waals surface area contributed by atoms with Gasteiger partial charge in [-0.15, -0.1) is 6.58 Å². The number of nitrogens with two attached hydrogens (primary N) is 1. The molecule has 8 heavy (non-hydrogen) atoms. The Morgan fingerprint density at radius 2 is 2.38 bits per heavy atom. The van der Waals surface area contributed by atoms with Crippen LogP contribution in [0, 0.1) is 0 Å². The van der Waals surface area contributed by atoms with Crippen molar-refractivity contribution in [1.82, 2.24) is 0 Å². The molecule has 0 aromatic carbocycles. The molecule has 0 amide bonds. The Morgan fingerprint density at radius 3 is 2.75 bits per heavy atom. The summed E-state index contributed by atoms with van der Waals surface area (Å²) in [7, 11) is 0. The van der Waals surface area contributed by atoms with E-state index in [-0.39, 0.29) is 12.6 Å². The first-order chi connectivity index (χ1) is 3.81. The van der Waals surface area contributed by atoms with Crippen molar-refractivity contribution in [2.24, 2.45) is 5.73 Å². The first kappa shape index (κ1) is 7.66. The van der Waals surface area contributed by atoms with E-state index in [9.17, 15) is 0 Å². The second kappa shape index (κ2) is 4.81. The van der Waals surface area contributed by atoms with Gasteiger partial charge in [0.2, 0.25) is 0 Å². The Labute approximate surface area is 50.0 Å². The fourth-order valence-electron chi connectivity index (χ4n) is 0.423. The van der Waals surface area contributed by atoms with Gasteiger partial charge in [-0.25, -0.2) is 0 Å². The van der Waals surface area contributed by atoms with Crippen LogP contribution in [0.3, 0.4) is 0 Å². The average molecular weight is 115 g/mol. The van der Waals surface area contributed by atoms with E-state index < -0.39 is 0 Å². The molecule has 0 bridgehead atoms. The van der Waals surface area contributed by atoms with E-state index in [0.717, 1.165) is 12.8 Å². The number of aliphatic hydroxyl groups excluding tert-OH is 1. The Kier molecular flexibility index (Phi) is 4.61. The molecule has 48 valence electrons. The summed E-state index contributed by atoms with van der Waals surface area (Å²) >= 11 is 0. The molecule has 0 aromatic rings. The minimum absolute atomic E-state index is 0.0620. The molecule has 0 saturated carbocycles. The van der Waals surface area contributed by atoms with Gasteiger partial charge in [0.05, 0.1) is 6.61 Å². The summed E-state index contributed by atoms with van der Waals surface area (Å²) in [6, 6.07) is -0.0620. The molecule has 0 heterocycles. The zero-order chi connectivity index (χ0) is 6.41. The fourth-order valence-corrected chi connectivity index (χ4v) is 0.423. The highest BCUT2D eigenvalue weighted by atomic mass is 16.3. The molecule has 0 rings (SSSR count). The third kappa shape index (κ3) is 3.84. The highest BCUT2D eigenvalue weighted by molar-refractivity contribution is 4.70. The van der Waals surface area contributed by atoms with Crippen molar-refractivity contribution in [3.05, 3.63) is 12.7 Å². The van der Waals surface area contributed by atoms with Gasteiger partial charge < -0.3 is 10.8 Å². The largest absolute Gasteiger partial charge is 0.395 e. The van der Waals surface area contributed by atoms with Crippen molar-refractivity contribution >= 4 is 0 Å². The molecule has 1 atom stereocenters. The van der Waals surface area contributed by atoms with Gasteiger partial charge in [-0.2, -0.15) is 0 Å². The number of hydrogen-bond donors (Lipinski definition) is 2. The van der Waals surface area contributed by atoms with Crippen LogP contribution in [-0.4, -0.2) is 17.8 Å². The Bertz CT molecular complexity index is 63.5. The van der Waals surface area contributed by atoms with Crippen molar-refractivity contribution in [3.63, 3.8) is 0 Å². The van der Waals surface area contributed by atoms with E-state index in [0.29, 0.717) is 0 Å². The third-order valence-corrected chi connectivity index (χ3v) is 0.976. The normalized spacial score (nSPS) is 13.2. The lowest BCUT2D eigenvalue weighted by Gasteiger charge is -2.02. The van der Waals surface area contributed by atoms with Gasteiger partial charge in [-0.3, -0.25) is 0 Å². The monoisotopic (exact) mass is 115 g/mol. The minimum Gasteiger partial charge on any atom is -0.395 e.